The number of rotatable bonds is 3. The van der Waals surface area contributed by atoms with E-state index in [9.17, 15) is 13.2 Å². The molecule has 0 spiro atoms. The highest BCUT2D eigenvalue weighted by Gasteiger charge is 2.41. The molecule has 3 nitrogen and oxygen atoms in total. The fraction of sp³-hybridized carbons (Fsp3) is 0.750. The summed E-state index contributed by atoms with van der Waals surface area (Å²) in [4.78, 5) is 3.98. The molecule has 0 radical (unpaired) electrons. The van der Waals surface area contributed by atoms with Crippen molar-refractivity contribution in [3.63, 3.8) is 0 Å². The van der Waals surface area contributed by atoms with E-state index in [1.807, 2.05) is 11.6 Å². The lowest BCUT2D eigenvalue weighted by atomic mass is 9.85. The number of aryl methyl sites for hydroxylation is 1. The van der Waals surface area contributed by atoms with Gasteiger partial charge in [0.1, 0.15) is 0 Å². The predicted octanol–water partition coefficient (Wildman–Crippen LogP) is 2.63. The van der Waals surface area contributed by atoms with Crippen LogP contribution in [-0.4, -0.2) is 21.8 Å². The van der Waals surface area contributed by atoms with E-state index < -0.39 is 12.1 Å². The van der Waals surface area contributed by atoms with Gasteiger partial charge in [-0.05, 0) is 19.3 Å². The van der Waals surface area contributed by atoms with Crippen molar-refractivity contribution in [2.45, 2.75) is 44.4 Å². The molecule has 0 amide bonds. The van der Waals surface area contributed by atoms with Crippen molar-refractivity contribution in [1.82, 2.24) is 14.9 Å². The number of imidazole rings is 1. The maximum Gasteiger partial charge on any atom is 0.391 e. The molecule has 1 heterocycles. The van der Waals surface area contributed by atoms with E-state index in [1.165, 1.54) is 0 Å². The molecule has 1 fully saturated rings. The Morgan fingerprint density at radius 1 is 1.44 bits per heavy atom. The van der Waals surface area contributed by atoms with Gasteiger partial charge in [-0.15, -0.1) is 0 Å². The quantitative estimate of drug-likeness (QED) is 0.906. The number of hydrogen-bond donors (Lipinski definition) is 1. The van der Waals surface area contributed by atoms with E-state index in [0.717, 1.165) is 12.1 Å². The number of hydrogen-bond acceptors (Lipinski definition) is 2. The van der Waals surface area contributed by atoms with Gasteiger partial charge >= 0.3 is 6.18 Å². The lowest BCUT2D eigenvalue weighted by Gasteiger charge is -2.31. The van der Waals surface area contributed by atoms with Crippen molar-refractivity contribution in [3.8, 4) is 0 Å². The van der Waals surface area contributed by atoms with Crippen LogP contribution in [-0.2, 0) is 13.6 Å². The smallest absolute Gasteiger partial charge is 0.337 e. The number of nitrogens with one attached hydrogen (secondary N) is 1. The number of nitrogens with zero attached hydrogens (tertiary/aromatic N) is 2. The maximum atomic E-state index is 12.7. The summed E-state index contributed by atoms with van der Waals surface area (Å²) in [7, 11) is 1.88. The first-order valence-corrected chi connectivity index (χ1v) is 6.22. The van der Waals surface area contributed by atoms with Crippen molar-refractivity contribution < 1.29 is 13.2 Å². The fourth-order valence-electron chi connectivity index (χ4n) is 2.48. The zero-order chi connectivity index (χ0) is 13.2. The molecule has 18 heavy (non-hydrogen) atoms. The highest BCUT2D eigenvalue weighted by molar-refractivity contribution is 4.97. The molecule has 1 aliphatic carbocycles. The van der Waals surface area contributed by atoms with Crippen LogP contribution in [0.3, 0.4) is 0 Å². The van der Waals surface area contributed by atoms with Gasteiger partial charge in [-0.1, -0.05) is 6.42 Å². The van der Waals surface area contributed by atoms with Crippen molar-refractivity contribution in [2.75, 3.05) is 0 Å². The average molecular weight is 261 g/mol. The summed E-state index contributed by atoms with van der Waals surface area (Å²) in [5.74, 6) is -1.14. The first kappa shape index (κ1) is 13.4. The second-order valence-corrected chi connectivity index (χ2v) is 4.98. The Bertz CT molecular complexity index is 386. The first-order chi connectivity index (χ1) is 8.47. The van der Waals surface area contributed by atoms with Gasteiger partial charge < -0.3 is 9.88 Å². The monoisotopic (exact) mass is 261 g/mol. The van der Waals surface area contributed by atoms with Crippen LogP contribution in [0.1, 0.15) is 31.4 Å². The van der Waals surface area contributed by atoms with Gasteiger partial charge in [0.25, 0.3) is 0 Å². The van der Waals surface area contributed by atoms with Crippen LogP contribution in [0.15, 0.2) is 12.5 Å². The van der Waals surface area contributed by atoms with E-state index >= 15 is 0 Å². The van der Waals surface area contributed by atoms with Crippen LogP contribution >= 0.6 is 0 Å². The average Bonchev–Trinajstić information content (AvgIpc) is 2.72. The molecule has 2 unspecified atom stereocenters. The lowest BCUT2D eigenvalue weighted by Crippen LogP contribution is -2.38. The Morgan fingerprint density at radius 3 is 2.83 bits per heavy atom. The highest BCUT2D eigenvalue weighted by atomic mass is 19.4. The third-order valence-electron chi connectivity index (χ3n) is 3.63. The fourth-order valence-corrected chi connectivity index (χ4v) is 2.48. The van der Waals surface area contributed by atoms with E-state index in [-0.39, 0.29) is 18.9 Å². The minimum atomic E-state index is -4.05. The molecular formula is C12H18F3N3. The van der Waals surface area contributed by atoms with Gasteiger partial charge in [0.2, 0.25) is 0 Å². The number of alkyl halides is 3. The summed E-state index contributed by atoms with van der Waals surface area (Å²) in [6, 6.07) is -0.0414. The molecular weight excluding hydrogens is 243 g/mol. The molecule has 0 saturated heterocycles. The zero-order valence-corrected chi connectivity index (χ0v) is 10.4. The Kier molecular flexibility index (Phi) is 3.94. The van der Waals surface area contributed by atoms with Crippen LogP contribution in [0, 0.1) is 5.92 Å². The van der Waals surface area contributed by atoms with Gasteiger partial charge in [-0.25, -0.2) is 4.98 Å². The molecule has 1 aliphatic rings. The molecule has 2 rings (SSSR count). The van der Waals surface area contributed by atoms with Gasteiger partial charge in [-0.2, -0.15) is 13.2 Å². The van der Waals surface area contributed by atoms with Gasteiger partial charge in [-0.3, -0.25) is 0 Å². The van der Waals surface area contributed by atoms with Crippen molar-refractivity contribution >= 4 is 0 Å². The molecule has 102 valence electrons. The van der Waals surface area contributed by atoms with Crippen LogP contribution in [0.2, 0.25) is 0 Å². The molecule has 1 saturated carbocycles. The second kappa shape index (κ2) is 5.30. The molecule has 1 N–H and O–H groups in total. The molecule has 0 aromatic carbocycles. The summed E-state index contributed by atoms with van der Waals surface area (Å²) in [5, 5.41) is 3.21. The number of aromatic nitrogens is 2. The molecule has 0 bridgehead atoms. The van der Waals surface area contributed by atoms with Gasteiger partial charge in [0, 0.05) is 25.8 Å². The van der Waals surface area contributed by atoms with Crippen LogP contribution in [0.5, 0.6) is 0 Å². The van der Waals surface area contributed by atoms with Crippen LogP contribution in [0.25, 0.3) is 0 Å². The largest absolute Gasteiger partial charge is 0.391 e. The minimum absolute atomic E-state index is 0.0414. The summed E-state index contributed by atoms with van der Waals surface area (Å²) >= 11 is 0. The SMILES string of the molecule is Cn1cncc1CNC1CCCC(C(F)(F)F)C1. The van der Waals surface area contributed by atoms with Crippen LogP contribution < -0.4 is 5.32 Å². The standard InChI is InChI=1S/C12H18F3N3/c1-18-8-16-6-11(18)7-17-10-4-2-3-9(5-10)12(13,14)15/h6,8-10,17H,2-5,7H2,1H3. The van der Waals surface area contributed by atoms with Crippen molar-refractivity contribution in [2.24, 2.45) is 13.0 Å². The molecule has 2 atom stereocenters. The summed E-state index contributed by atoms with van der Waals surface area (Å²) in [5.41, 5.74) is 0.990. The zero-order valence-electron chi connectivity index (χ0n) is 10.4. The Labute approximate surface area is 104 Å². The van der Waals surface area contributed by atoms with E-state index in [1.54, 1.807) is 12.5 Å². The predicted molar refractivity (Wildman–Crippen MR) is 61.8 cm³/mol. The third kappa shape index (κ3) is 3.25. The minimum Gasteiger partial charge on any atom is -0.337 e. The Balaban J connectivity index is 1.85. The summed E-state index contributed by atoms with van der Waals surface area (Å²) < 4.78 is 39.8. The molecule has 0 aliphatic heterocycles. The molecule has 6 heteroatoms. The maximum absolute atomic E-state index is 12.7. The summed E-state index contributed by atoms with van der Waals surface area (Å²) in [6.45, 7) is 0.575. The lowest BCUT2D eigenvalue weighted by molar-refractivity contribution is -0.183. The van der Waals surface area contributed by atoms with Crippen molar-refractivity contribution in [3.05, 3.63) is 18.2 Å². The summed E-state index contributed by atoms with van der Waals surface area (Å²) in [6.07, 6.45) is 1.31. The van der Waals surface area contributed by atoms with E-state index in [0.29, 0.717) is 13.0 Å². The normalized spacial score (nSPS) is 25.3. The van der Waals surface area contributed by atoms with E-state index in [2.05, 4.69) is 10.3 Å². The van der Waals surface area contributed by atoms with Crippen molar-refractivity contribution in [1.29, 1.82) is 0 Å². The first-order valence-electron chi connectivity index (χ1n) is 6.22. The second-order valence-electron chi connectivity index (χ2n) is 4.98. The van der Waals surface area contributed by atoms with Gasteiger partial charge in [0.05, 0.1) is 17.9 Å². The third-order valence-corrected chi connectivity index (χ3v) is 3.63. The topological polar surface area (TPSA) is 29.9 Å². The molecule has 1 aromatic rings. The van der Waals surface area contributed by atoms with E-state index in [4.69, 9.17) is 0 Å². The van der Waals surface area contributed by atoms with Crippen LogP contribution in [0.4, 0.5) is 13.2 Å². The Hall–Kier alpha value is -1.04. The number of halogens is 3. The Morgan fingerprint density at radius 2 is 2.22 bits per heavy atom. The highest BCUT2D eigenvalue weighted by Crippen LogP contribution is 2.37. The van der Waals surface area contributed by atoms with Gasteiger partial charge in [0.15, 0.2) is 0 Å². The molecule has 1 aromatic heterocycles.